The molecule has 0 aliphatic carbocycles. The Hall–Kier alpha value is -1.62. The van der Waals surface area contributed by atoms with E-state index in [1.54, 1.807) is 0 Å². The van der Waals surface area contributed by atoms with E-state index in [1.807, 2.05) is 0 Å². The normalized spacial score (nSPS) is 12.3. The molecule has 0 aliphatic rings. The first kappa shape index (κ1) is 50.4. The highest BCUT2D eigenvalue weighted by atomic mass is 16.6. The van der Waals surface area contributed by atoms with E-state index >= 15 is 0 Å². The molecular weight excluding hydrogens is 645 g/mol. The number of esters is 2. The molecule has 0 radical (unpaired) electrons. The van der Waals surface area contributed by atoms with Crippen LogP contribution in [0.25, 0.3) is 0 Å². The molecule has 0 aliphatic heterocycles. The number of rotatable bonds is 42. The van der Waals surface area contributed by atoms with E-state index in [9.17, 15) is 9.59 Å². The molecule has 0 saturated carbocycles. The second-order valence-electron chi connectivity index (χ2n) is 15.3. The van der Waals surface area contributed by atoms with Crippen LogP contribution in [0.15, 0.2) is 24.3 Å². The molecule has 0 amide bonds. The Morgan fingerprint density at radius 2 is 0.846 bits per heavy atom. The monoisotopic (exact) mass is 733 g/mol. The molecule has 0 rings (SSSR count). The fourth-order valence-electron chi connectivity index (χ4n) is 6.55. The molecule has 0 aromatic heterocycles. The van der Waals surface area contributed by atoms with Gasteiger partial charge in [-0.3, -0.25) is 9.59 Å². The van der Waals surface area contributed by atoms with Crippen molar-refractivity contribution in [3.05, 3.63) is 24.3 Å². The van der Waals surface area contributed by atoms with Crippen LogP contribution in [0.3, 0.4) is 0 Å². The largest absolute Gasteiger partial charge is 0.462 e. The number of hydrogen-bond donors (Lipinski definition) is 0. The zero-order valence-corrected chi connectivity index (χ0v) is 35.1. The molecule has 0 spiro atoms. The number of carbonyl (C=O) groups is 2. The van der Waals surface area contributed by atoms with Crippen molar-refractivity contribution < 1.29 is 23.8 Å². The topological polar surface area (TPSA) is 61.8 Å². The molecule has 1 atom stereocenters. The summed E-state index contributed by atoms with van der Waals surface area (Å²) < 4.78 is 17.3. The maximum atomic E-state index is 12.7. The zero-order chi connectivity index (χ0) is 37.8. The summed E-state index contributed by atoms with van der Waals surface area (Å²) in [6.45, 7) is 7.75. The Balaban J connectivity index is 4.20. The fraction of sp³-hybridized carbons (Fsp3) is 0.872. The van der Waals surface area contributed by atoms with Gasteiger partial charge in [-0.2, -0.15) is 0 Å². The lowest BCUT2D eigenvalue weighted by Crippen LogP contribution is -2.30. The molecule has 52 heavy (non-hydrogen) atoms. The van der Waals surface area contributed by atoms with Crippen LogP contribution in [0, 0.1) is 0 Å². The minimum atomic E-state index is -0.531. The van der Waals surface area contributed by atoms with Gasteiger partial charge in [-0.05, 0) is 44.9 Å². The Morgan fingerprint density at radius 1 is 0.423 bits per heavy atom. The molecule has 1 unspecified atom stereocenters. The van der Waals surface area contributed by atoms with Crippen LogP contribution in [0.2, 0.25) is 0 Å². The lowest BCUT2D eigenvalue weighted by atomic mass is 10.0. The predicted octanol–water partition coefficient (Wildman–Crippen LogP) is 14.9. The van der Waals surface area contributed by atoms with Gasteiger partial charge in [-0.15, -0.1) is 0 Å². The summed E-state index contributed by atoms with van der Waals surface area (Å²) in [7, 11) is 0. The third kappa shape index (κ3) is 41.1. The van der Waals surface area contributed by atoms with Crippen molar-refractivity contribution in [1.82, 2.24) is 0 Å². The first-order chi connectivity index (χ1) is 25.6. The van der Waals surface area contributed by atoms with E-state index in [1.165, 1.54) is 161 Å². The van der Waals surface area contributed by atoms with Crippen LogP contribution >= 0.6 is 0 Å². The third-order valence-electron chi connectivity index (χ3n) is 9.97. The molecule has 306 valence electrons. The lowest BCUT2D eigenvalue weighted by molar-refractivity contribution is -0.163. The molecule has 0 aromatic carbocycles. The minimum absolute atomic E-state index is 0.0876. The number of ether oxygens (including phenoxy) is 3. The van der Waals surface area contributed by atoms with E-state index in [0.29, 0.717) is 19.4 Å². The summed E-state index contributed by atoms with van der Waals surface area (Å²) in [6.07, 6.45) is 48.9. The van der Waals surface area contributed by atoms with Gasteiger partial charge >= 0.3 is 11.9 Å². The third-order valence-corrected chi connectivity index (χ3v) is 9.97. The minimum Gasteiger partial charge on any atom is -0.462 e. The van der Waals surface area contributed by atoms with Gasteiger partial charge in [0.1, 0.15) is 6.61 Å². The second kappa shape index (κ2) is 43.8. The molecular formula is C47H88O5. The maximum Gasteiger partial charge on any atom is 0.306 e. The van der Waals surface area contributed by atoms with Crippen molar-refractivity contribution in [2.24, 2.45) is 0 Å². The van der Waals surface area contributed by atoms with Gasteiger partial charge < -0.3 is 14.2 Å². The predicted molar refractivity (Wildman–Crippen MR) is 224 cm³/mol. The van der Waals surface area contributed by atoms with Crippen LogP contribution in [0.1, 0.15) is 239 Å². The van der Waals surface area contributed by atoms with Crippen LogP contribution in [0.5, 0.6) is 0 Å². The summed E-state index contributed by atoms with van der Waals surface area (Å²) in [5.41, 5.74) is 0. The summed E-state index contributed by atoms with van der Waals surface area (Å²) in [5.74, 6) is -0.394. The highest BCUT2D eigenvalue weighted by Gasteiger charge is 2.17. The van der Waals surface area contributed by atoms with E-state index in [4.69, 9.17) is 14.2 Å². The van der Waals surface area contributed by atoms with Crippen molar-refractivity contribution in [3.63, 3.8) is 0 Å². The molecule has 0 saturated heterocycles. The average molecular weight is 733 g/mol. The number of allylic oxidation sites excluding steroid dienone is 4. The summed E-state index contributed by atoms with van der Waals surface area (Å²) in [5, 5.41) is 0. The highest BCUT2D eigenvalue weighted by Crippen LogP contribution is 2.15. The fourth-order valence-corrected chi connectivity index (χ4v) is 6.55. The SMILES string of the molecule is CCC/C=C\C/C=C\CCCCCCCCOCC(COC(=O)CCCCCCCCCCCCCCC)OC(=O)CCCCCCCCCCC. The van der Waals surface area contributed by atoms with Crippen molar-refractivity contribution >= 4 is 11.9 Å². The Morgan fingerprint density at radius 3 is 1.35 bits per heavy atom. The van der Waals surface area contributed by atoms with E-state index in [0.717, 1.165) is 44.9 Å². The smallest absolute Gasteiger partial charge is 0.306 e. The first-order valence-corrected chi connectivity index (χ1v) is 22.9. The van der Waals surface area contributed by atoms with E-state index in [2.05, 4.69) is 45.1 Å². The first-order valence-electron chi connectivity index (χ1n) is 22.9. The van der Waals surface area contributed by atoms with Crippen molar-refractivity contribution in [2.45, 2.75) is 245 Å². The lowest BCUT2D eigenvalue weighted by Gasteiger charge is -2.18. The van der Waals surface area contributed by atoms with Crippen LogP contribution in [0.4, 0.5) is 0 Å². The average Bonchev–Trinajstić information content (AvgIpc) is 3.14. The van der Waals surface area contributed by atoms with Gasteiger partial charge in [-0.25, -0.2) is 0 Å². The van der Waals surface area contributed by atoms with Gasteiger partial charge in [0.15, 0.2) is 6.10 Å². The van der Waals surface area contributed by atoms with Crippen LogP contribution < -0.4 is 0 Å². The van der Waals surface area contributed by atoms with E-state index in [-0.39, 0.29) is 25.2 Å². The quantitative estimate of drug-likeness (QED) is 0.0355. The number of carbonyl (C=O) groups excluding carboxylic acids is 2. The van der Waals surface area contributed by atoms with Gasteiger partial charge in [-0.1, -0.05) is 206 Å². The van der Waals surface area contributed by atoms with E-state index < -0.39 is 6.10 Å². The van der Waals surface area contributed by atoms with Crippen molar-refractivity contribution in [3.8, 4) is 0 Å². The second-order valence-corrected chi connectivity index (χ2v) is 15.3. The van der Waals surface area contributed by atoms with Crippen molar-refractivity contribution in [2.75, 3.05) is 19.8 Å². The van der Waals surface area contributed by atoms with Crippen LogP contribution in [-0.2, 0) is 23.8 Å². The van der Waals surface area contributed by atoms with Gasteiger partial charge in [0, 0.05) is 19.4 Å². The molecule has 0 aromatic rings. The molecule has 5 nitrogen and oxygen atoms in total. The van der Waals surface area contributed by atoms with Gasteiger partial charge in [0.05, 0.1) is 6.61 Å². The standard InChI is InChI=1S/C47H88O5/c1-4-7-10-13-16-19-21-23-25-27-30-33-36-39-42-50-43-45(52-47(49)41-38-35-32-28-18-15-12-9-6-3)44-51-46(48)40-37-34-31-29-26-24-22-20-17-14-11-8-5-2/h10,13,19,21,45H,4-9,11-12,14-18,20,22-44H2,1-3H3/b13-10-,21-19-. The summed E-state index contributed by atoms with van der Waals surface area (Å²) in [6, 6.07) is 0. The van der Waals surface area contributed by atoms with Crippen molar-refractivity contribution in [1.29, 1.82) is 0 Å². The zero-order valence-electron chi connectivity index (χ0n) is 35.1. The Labute approximate surface area is 324 Å². The molecule has 0 bridgehead atoms. The number of hydrogen-bond acceptors (Lipinski definition) is 5. The number of unbranched alkanes of at least 4 members (excludes halogenated alkanes) is 27. The van der Waals surface area contributed by atoms with Crippen LogP contribution in [-0.4, -0.2) is 37.9 Å². The molecule has 0 heterocycles. The Bertz CT molecular complexity index is 791. The molecule has 5 heteroatoms. The van der Waals surface area contributed by atoms with Gasteiger partial charge in [0.25, 0.3) is 0 Å². The molecule has 0 N–H and O–H groups in total. The summed E-state index contributed by atoms with van der Waals surface area (Å²) in [4.78, 5) is 25.2. The Kier molecular flexibility index (Phi) is 42.4. The molecule has 0 fully saturated rings. The van der Waals surface area contributed by atoms with Gasteiger partial charge in [0.2, 0.25) is 0 Å². The summed E-state index contributed by atoms with van der Waals surface area (Å²) >= 11 is 0. The maximum absolute atomic E-state index is 12.7. The highest BCUT2D eigenvalue weighted by molar-refractivity contribution is 5.70.